The molecule has 0 radical (unpaired) electrons. The molecule has 148 valence electrons. The second kappa shape index (κ2) is 9.01. The lowest BCUT2D eigenvalue weighted by molar-refractivity contribution is 0.0600. The third kappa shape index (κ3) is 4.99. The number of hydrogen-bond acceptors (Lipinski definition) is 5. The van der Waals surface area contributed by atoms with Crippen molar-refractivity contribution in [2.24, 2.45) is 0 Å². The summed E-state index contributed by atoms with van der Waals surface area (Å²) in [6, 6.07) is 17.9. The molecule has 0 saturated heterocycles. The van der Waals surface area contributed by atoms with E-state index in [4.69, 9.17) is 4.74 Å². The molecule has 0 fully saturated rings. The molecule has 2 N–H and O–H groups in total. The number of esters is 1. The van der Waals surface area contributed by atoms with Gasteiger partial charge in [0.2, 0.25) is 0 Å². The zero-order valence-electron chi connectivity index (χ0n) is 16.6. The van der Waals surface area contributed by atoms with Crippen LogP contribution in [-0.2, 0) is 4.74 Å². The summed E-state index contributed by atoms with van der Waals surface area (Å²) < 4.78 is 4.69. The third-order valence-corrected chi connectivity index (χ3v) is 4.43. The van der Waals surface area contributed by atoms with Gasteiger partial charge in [0.05, 0.1) is 12.7 Å². The highest BCUT2D eigenvalue weighted by Gasteiger charge is 2.12. The van der Waals surface area contributed by atoms with Crippen molar-refractivity contribution >= 4 is 29.1 Å². The first-order valence-electron chi connectivity index (χ1n) is 9.29. The standard InChI is InChI=1S/C23H23N3O3/c1-15(2)19-6-4-5-7-20(19)26-22(27)17-12-13-24-21(14-17)25-18-10-8-16(9-11-18)23(28)29-3/h4-15H,1-3H3,(H,24,25)(H,26,27). The Morgan fingerprint density at radius 1 is 0.966 bits per heavy atom. The second-order valence-corrected chi connectivity index (χ2v) is 6.82. The molecule has 0 aliphatic rings. The molecule has 1 heterocycles. The molecule has 0 aliphatic carbocycles. The molecule has 0 bridgehead atoms. The topological polar surface area (TPSA) is 80.3 Å². The first-order valence-corrected chi connectivity index (χ1v) is 9.29. The molecule has 2 aromatic carbocycles. The molecule has 0 saturated carbocycles. The maximum atomic E-state index is 12.7. The SMILES string of the molecule is COC(=O)c1ccc(Nc2cc(C(=O)Nc3ccccc3C(C)C)ccn2)cc1. The van der Waals surface area contributed by atoms with Crippen LogP contribution in [0.15, 0.2) is 66.9 Å². The molecule has 0 aliphatic heterocycles. The smallest absolute Gasteiger partial charge is 0.337 e. The molecule has 3 aromatic rings. The van der Waals surface area contributed by atoms with E-state index in [0.717, 1.165) is 16.9 Å². The predicted octanol–water partition coefficient (Wildman–Crippen LogP) is 4.99. The van der Waals surface area contributed by atoms with Crippen molar-refractivity contribution in [2.45, 2.75) is 19.8 Å². The van der Waals surface area contributed by atoms with Crippen LogP contribution in [-0.4, -0.2) is 24.0 Å². The lowest BCUT2D eigenvalue weighted by Crippen LogP contribution is -2.14. The van der Waals surface area contributed by atoms with Crippen LogP contribution in [0, 0.1) is 0 Å². The number of hydrogen-bond donors (Lipinski definition) is 2. The Kier molecular flexibility index (Phi) is 6.24. The van der Waals surface area contributed by atoms with E-state index in [9.17, 15) is 9.59 Å². The summed E-state index contributed by atoms with van der Waals surface area (Å²) in [5.41, 5.74) is 3.58. The van der Waals surface area contributed by atoms with Gasteiger partial charge in [0.15, 0.2) is 0 Å². The number of carbonyl (C=O) groups is 2. The van der Waals surface area contributed by atoms with Crippen molar-refractivity contribution in [3.05, 3.63) is 83.6 Å². The summed E-state index contributed by atoms with van der Waals surface area (Å²) >= 11 is 0. The molecule has 1 aromatic heterocycles. The quantitative estimate of drug-likeness (QED) is 0.581. The molecule has 6 heteroatoms. The molecular formula is C23H23N3O3. The van der Waals surface area contributed by atoms with Crippen molar-refractivity contribution in [1.29, 1.82) is 0 Å². The number of rotatable bonds is 6. The monoisotopic (exact) mass is 389 g/mol. The van der Waals surface area contributed by atoms with Crippen molar-refractivity contribution in [3.8, 4) is 0 Å². The van der Waals surface area contributed by atoms with Crippen LogP contribution in [0.2, 0.25) is 0 Å². The number of carbonyl (C=O) groups excluding carboxylic acids is 2. The van der Waals surface area contributed by atoms with Crippen LogP contribution in [0.4, 0.5) is 17.2 Å². The Balaban J connectivity index is 1.74. The summed E-state index contributed by atoms with van der Waals surface area (Å²) in [5.74, 6) is 0.231. The van der Waals surface area contributed by atoms with E-state index >= 15 is 0 Å². The predicted molar refractivity (Wildman–Crippen MR) is 114 cm³/mol. The summed E-state index contributed by atoms with van der Waals surface area (Å²) in [7, 11) is 1.34. The molecule has 3 rings (SSSR count). The number of pyridine rings is 1. The number of amides is 1. The minimum atomic E-state index is -0.393. The Hall–Kier alpha value is -3.67. The number of anilines is 3. The van der Waals surface area contributed by atoms with Gasteiger partial charge in [-0.05, 0) is 53.9 Å². The number of ether oxygens (including phenoxy) is 1. The molecule has 0 spiro atoms. The number of methoxy groups -OCH3 is 1. The van der Waals surface area contributed by atoms with E-state index in [1.54, 1.807) is 42.6 Å². The van der Waals surface area contributed by atoms with Gasteiger partial charge < -0.3 is 15.4 Å². The van der Waals surface area contributed by atoms with Crippen LogP contribution in [0.5, 0.6) is 0 Å². The first kappa shape index (κ1) is 20.1. The fraction of sp³-hybridized carbons (Fsp3) is 0.174. The summed E-state index contributed by atoms with van der Waals surface area (Å²) in [6.07, 6.45) is 1.58. The van der Waals surface area contributed by atoms with Gasteiger partial charge in [0, 0.05) is 23.1 Å². The van der Waals surface area contributed by atoms with Crippen LogP contribution in [0.25, 0.3) is 0 Å². The minimum Gasteiger partial charge on any atom is -0.465 e. The van der Waals surface area contributed by atoms with Crippen molar-refractivity contribution in [1.82, 2.24) is 4.98 Å². The third-order valence-electron chi connectivity index (χ3n) is 4.43. The van der Waals surface area contributed by atoms with E-state index in [2.05, 4.69) is 29.5 Å². The molecule has 1 amide bonds. The van der Waals surface area contributed by atoms with Crippen LogP contribution in [0.1, 0.15) is 46.0 Å². The van der Waals surface area contributed by atoms with Crippen molar-refractivity contribution < 1.29 is 14.3 Å². The van der Waals surface area contributed by atoms with Gasteiger partial charge in [-0.1, -0.05) is 32.0 Å². The summed E-state index contributed by atoms with van der Waals surface area (Å²) in [4.78, 5) is 28.5. The summed E-state index contributed by atoms with van der Waals surface area (Å²) in [5, 5.41) is 6.11. The lowest BCUT2D eigenvalue weighted by atomic mass is 10.0. The highest BCUT2D eigenvalue weighted by molar-refractivity contribution is 6.05. The van der Waals surface area contributed by atoms with Gasteiger partial charge >= 0.3 is 5.97 Å². The van der Waals surface area contributed by atoms with Gasteiger partial charge in [-0.2, -0.15) is 0 Å². The molecule has 0 unspecified atom stereocenters. The maximum absolute atomic E-state index is 12.7. The first-order chi connectivity index (χ1) is 14.0. The molecule has 6 nitrogen and oxygen atoms in total. The fourth-order valence-electron chi connectivity index (χ4n) is 2.90. The minimum absolute atomic E-state index is 0.204. The van der Waals surface area contributed by atoms with Gasteiger partial charge in [-0.25, -0.2) is 9.78 Å². The fourth-order valence-corrected chi connectivity index (χ4v) is 2.90. The zero-order valence-corrected chi connectivity index (χ0v) is 16.6. The molecular weight excluding hydrogens is 366 g/mol. The maximum Gasteiger partial charge on any atom is 0.337 e. The van der Waals surface area contributed by atoms with E-state index < -0.39 is 5.97 Å². The number of para-hydroxylation sites is 1. The Bertz CT molecular complexity index is 1010. The molecule has 29 heavy (non-hydrogen) atoms. The molecule has 0 atom stereocenters. The summed E-state index contributed by atoms with van der Waals surface area (Å²) in [6.45, 7) is 4.18. The van der Waals surface area contributed by atoms with E-state index in [0.29, 0.717) is 22.9 Å². The van der Waals surface area contributed by atoms with Crippen molar-refractivity contribution in [3.63, 3.8) is 0 Å². The average Bonchev–Trinajstić information content (AvgIpc) is 2.74. The lowest BCUT2D eigenvalue weighted by Gasteiger charge is -2.14. The Morgan fingerprint density at radius 2 is 1.69 bits per heavy atom. The number of benzene rings is 2. The number of aromatic nitrogens is 1. The highest BCUT2D eigenvalue weighted by atomic mass is 16.5. The van der Waals surface area contributed by atoms with E-state index in [1.807, 2.05) is 24.3 Å². The van der Waals surface area contributed by atoms with Crippen LogP contribution in [0.3, 0.4) is 0 Å². The van der Waals surface area contributed by atoms with Gasteiger partial charge in [-0.15, -0.1) is 0 Å². The van der Waals surface area contributed by atoms with Gasteiger partial charge in [0.1, 0.15) is 5.82 Å². The Labute approximate surface area is 169 Å². The normalized spacial score (nSPS) is 10.5. The van der Waals surface area contributed by atoms with E-state index in [1.165, 1.54) is 7.11 Å². The van der Waals surface area contributed by atoms with Gasteiger partial charge in [-0.3, -0.25) is 4.79 Å². The van der Waals surface area contributed by atoms with Crippen LogP contribution >= 0.6 is 0 Å². The van der Waals surface area contributed by atoms with E-state index in [-0.39, 0.29) is 5.91 Å². The Morgan fingerprint density at radius 3 is 2.38 bits per heavy atom. The highest BCUT2D eigenvalue weighted by Crippen LogP contribution is 2.24. The number of nitrogens with zero attached hydrogens (tertiary/aromatic N) is 1. The second-order valence-electron chi connectivity index (χ2n) is 6.82. The number of nitrogens with one attached hydrogen (secondary N) is 2. The largest absolute Gasteiger partial charge is 0.465 e. The average molecular weight is 389 g/mol. The zero-order chi connectivity index (χ0) is 20.8. The van der Waals surface area contributed by atoms with Crippen molar-refractivity contribution in [2.75, 3.05) is 17.7 Å². The van der Waals surface area contributed by atoms with Crippen LogP contribution < -0.4 is 10.6 Å². The van der Waals surface area contributed by atoms with Gasteiger partial charge in [0.25, 0.3) is 5.91 Å².